The number of piperidine rings is 1. The van der Waals surface area contributed by atoms with Gasteiger partial charge >= 0.3 is 0 Å². The molecule has 24 heavy (non-hydrogen) atoms. The van der Waals surface area contributed by atoms with Gasteiger partial charge in [-0.3, -0.25) is 9.59 Å². The molecule has 1 saturated heterocycles. The summed E-state index contributed by atoms with van der Waals surface area (Å²) in [6, 6.07) is 4.12. The quantitative estimate of drug-likeness (QED) is 0.826. The summed E-state index contributed by atoms with van der Waals surface area (Å²) in [7, 11) is 1.37. The molecule has 0 aliphatic carbocycles. The molecule has 1 unspecified atom stereocenters. The molecule has 1 atom stereocenters. The van der Waals surface area contributed by atoms with E-state index in [0.29, 0.717) is 26.2 Å². The average molecular weight is 360 g/mol. The van der Waals surface area contributed by atoms with E-state index >= 15 is 0 Å². The molecule has 0 aromatic heterocycles. The third kappa shape index (κ3) is 4.82. The van der Waals surface area contributed by atoms with Crippen molar-refractivity contribution >= 4 is 24.2 Å². The Kier molecular flexibility index (Phi) is 7.94. The molecular weight excluding hydrogens is 337 g/mol. The van der Waals surface area contributed by atoms with E-state index in [1.54, 1.807) is 4.90 Å². The highest BCUT2D eigenvalue weighted by Gasteiger charge is 2.29. The van der Waals surface area contributed by atoms with Crippen molar-refractivity contribution in [2.45, 2.75) is 12.8 Å². The van der Waals surface area contributed by atoms with E-state index in [1.165, 1.54) is 25.3 Å². The van der Waals surface area contributed by atoms with E-state index in [0.717, 1.165) is 12.8 Å². The molecule has 0 spiro atoms. The van der Waals surface area contributed by atoms with E-state index in [1.807, 2.05) is 0 Å². The van der Waals surface area contributed by atoms with Crippen LogP contribution in [0.5, 0.6) is 5.75 Å². The highest BCUT2D eigenvalue weighted by molar-refractivity contribution is 5.95. The number of nitrogens with two attached hydrogens (primary N) is 1. The first-order chi connectivity index (χ1) is 11.1. The first kappa shape index (κ1) is 20.2. The molecular formula is C16H23ClFN3O3. The van der Waals surface area contributed by atoms with Gasteiger partial charge in [0.25, 0.3) is 5.91 Å². The van der Waals surface area contributed by atoms with Gasteiger partial charge in [0.15, 0.2) is 11.6 Å². The monoisotopic (exact) mass is 359 g/mol. The number of benzene rings is 1. The Balaban J connectivity index is 0.00000288. The van der Waals surface area contributed by atoms with Crippen LogP contribution < -0.4 is 15.8 Å². The van der Waals surface area contributed by atoms with Crippen molar-refractivity contribution in [3.05, 3.63) is 29.6 Å². The van der Waals surface area contributed by atoms with Crippen LogP contribution in [0.2, 0.25) is 0 Å². The molecule has 6 nitrogen and oxygen atoms in total. The van der Waals surface area contributed by atoms with E-state index < -0.39 is 5.82 Å². The van der Waals surface area contributed by atoms with Crippen molar-refractivity contribution in [3.63, 3.8) is 0 Å². The van der Waals surface area contributed by atoms with E-state index in [-0.39, 0.29) is 41.5 Å². The fourth-order valence-electron chi connectivity index (χ4n) is 2.70. The van der Waals surface area contributed by atoms with E-state index in [4.69, 9.17) is 10.5 Å². The number of rotatable bonds is 5. The van der Waals surface area contributed by atoms with Crippen LogP contribution in [0.1, 0.15) is 23.2 Å². The topological polar surface area (TPSA) is 84.7 Å². The minimum atomic E-state index is -0.576. The number of amides is 2. The molecule has 1 aromatic carbocycles. The molecule has 3 N–H and O–H groups in total. The molecule has 8 heteroatoms. The van der Waals surface area contributed by atoms with Crippen LogP contribution in [0, 0.1) is 11.7 Å². The van der Waals surface area contributed by atoms with Gasteiger partial charge in [0.2, 0.25) is 5.91 Å². The van der Waals surface area contributed by atoms with Crippen LogP contribution in [0.15, 0.2) is 18.2 Å². The van der Waals surface area contributed by atoms with Crippen LogP contribution >= 0.6 is 12.4 Å². The molecule has 0 bridgehead atoms. The maximum atomic E-state index is 13.8. The molecule has 1 aliphatic heterocycles. The van der Waals surface area contributed by atoms with Crippen molar-refractivity contribution < 1.29 is 18.7 Å². The highest BCUT2D eigenvalue weighted by atomic mass is 35.5. The zero-order valence-electron chi connectivity index (χ0n) is 13.6. The van der Waals surface area contributed by atoms with Crippen LogP contribution in [0.4, 0.5) is 4.39 Å². The van der Waals surface area contributed by atoms with E-state index in [9.17, 15) is 14.0 Å². The Morgan fingerprint density at radius 2 is 2.21 bits per heavy atom. The number of nitrogens with one attached hydrogen (secondary N) is 1. The molecule has 1 aromatic rings. The molecule has 1 heterocycles. The van der Waals surface area contributed by atoms with Crippen molar-refractivity contribution in [2.24, 2.45) is 11.7 Å². The summed E-state index contributed by atoms with van der Waals surface area (Å²) in [4.78, 5) is 26.1. The molecule has 134 valence electrons. The number of halogens is 2. The lowest BCUT2D eigenvalue weighted by Gasteiger charge is -2.32. The second-order valence-electron chi connectivity index (χ2n) is 5.52. The molecule has 2 rings (SSSR count). The summed E-state index contributed by atoms with van der Waals surface area (Å²) in [5, 5.41) is 2.75. The van der Waals surface area contributed by atoms with Crippen LogP contribution in [-0.4, -0.2) is 50.0 Å². The fourth-order valence-corrected chi connectivity index (χ4v) is 2.70. The summed E-state index contributed by atoms with van der Waals surface area (Å²) in [6.45, 7) is 1.70. The minimum Gasteiger partial charge on any atom is -0.494 e. The normalized spacial score (nSPS) is 17.0. The fraction of sp³-hybridized carbons (Fsp3) is 0.500. The van der Waals surface area contributed by atoms with Crippen LogP contribution in [0.25, 0.3) is 0 Å². The minimum absolute atomic E-state index is 0. The second kappa shape index (κ2) is 9.44. The third-order valence-electron chi connectivity index (χ3n) is 3.92. The zero-order chi connectivity index (χ0) is 16.8. The van der Waals surface area contributed by atoms with Gasteiger partial charge in [-0.05, 0) is 31.0 Å². The Bertz CT molecular complexity index is 586. The lowest BCUT2D eigenvalue weighted by atomic mass is 9.96. The molecule has 2 amide bonds. The van der Waals surface area contributed by atoms with Crippen molar-refractivity contribution in [1.82, 2.24) is 10.2 Å². The summed E-state index contributed by atoms with van der Waals surface area (Å²) in [6.07, 6.45) is 1.47. The Labute approximate surface area is 146 Å². The zero-order valence-corrected chi connectivity index (χ0v) is 14.4. The lowest BCUT2D eigenvalue weighted by molar-refractivity contribution is -0.126. The molecule has 0 radical (unpaired) electrons. The van der Waals surface area contributed by atoms with Gasteiger partial charge in [-0.1, -0.05) is 0 Å². The largest absolute Gasteiger partial charge is 0.494 e. The summed E-state index contributed by atoms with van der Waals surface area (Å²) in [5.74, 6) is -1.09. The van der Waals surface area contributed by atoms with Crippen LogP contribution in [-0.2, 0) is 4.79 Å². The summed E-state index contributed by atoms with van der Waals surface area (Å²) < 4.78 is 18.6. The van der Waals surface area contributed by atoms with Gasteiger partial charge in [-0.15, -0.1) is 12.4 Å². The lowest BCUT2D eigenvalue weighted by Crippen LogP contribution is -2.46. The number of carbonyl (C=O) groups excluding carboxylic acids is 2. The number of nitrogens with zero attached hydrogens (tertiary/aromatic N) is 1. The molecule has 0 saturated carbocycles. The summed E-state index contributed by atoms with van der Waals surface area (Å²) in [5.41, 5.74) is 5.63. The SMILES string of the molecule is COc1ccc(C(=O)N2CCCC(C(=O)NCCN)C2)cc1F.Cl. The highest BCUT2D eigenvalue weighted by Crippen LogP contribution is 2.22. The third-order valence-corrected chi connectivity index (χ3v) is 3.92. The average Bonchev–Trinajstić information content (AvgIpc) is 2.59. The van der Waals surface area contributed by atoms with Gasteiger partial charge in [0.1, 0.15) is 0 Å². The first-order valence-corrected chi connectivity index (χ1v) is 7.67. The van der Waals surface area contributed by atoms with Crippen molar-refractivity contribution in [3.8, 4) is 5.75 Å². The Morgan fingerprint density at radius 3 is 2.83 bits per heavy atom. The predicted octanol–water partition coefficient (Wildman–Crippen LogP) is 1.18. The molecule has 1 aliphatic rings. The maximum Gasteiger partial charge on any atom is 0.253 e. The van der Waals surface area contributed by atoms with Gasteiger partial charge in [-0.25, -0.2) is 4.39 Å². The first-order valence-electron chi connectivity index (χ1n) is 7.67. The Hall–Kier alpha value is -1.86. The van der Waals surface area contributed by atoms with Gasteiger partial charge < -0.3 is 20.7 Å². The smallest absolute Gasteiger partial charge is 0.253 e. The number of hydrogen-bond donors (Lipinski definition) is 2. The number of carbonyl (C=O) groups is 2. The predicted molar refractivity (Wildman–Crippen MR) is 90.9 cm³/mol. The van der Waals surface area contributed by atoms with Gasteiger partial charge in [0.05, 0.1) is 13.0 Å². The maximum absolute atomic E-state index is 13.8. The number of methoxy groups -OCH3 is 1. The summed E-state index contributed by atoms with van der Waals surface area (Å²) >= 11 is 0. The van der Waals surface area contributed by atoms with Crippen LogP contribution in [0.3, 0.4) is 0 Å². The van der Waals surface area contributed by atoms with E-state index in [2.05, 4.69) is 5.32 Å². The van der Waals surface area contributed by atoms with Crippen molar-refractivity contribution in [1.29, 1.82) is 0 Å². The number of hydrogen-bond acceptors (Lipinski definition) is 4. The number of ether oxygens (including phenoxy) is 1. The van der Waals surface area contributed by atoms with Gasteiger partial charge in [0, 0.05) is 31.7 Å². The Morgan fingerprint density at radius 1 is 1.46 bits per heavy atom. The second-order valence-corrected chi connectivity index (χ2v) is 5.52. The molecule has 1 fully saturated rings. The standard InChI is InChI=1S/C16H22FN3O3.ClH/c1-23-14-5-4-11(9-13(14)17)16(22)20-8-2-3-12(10-20)15(21)19-7-6-18;/h4-5,9,12H,2-3,6-8,10,18H2,1H3,(H,19,21);1H. The van der Waals surface area contributed by atoms with Crippen molar-refractivity contribution in [2.75, 3.05) is 33.3 Å². The van der Waals surface area contributed by atoms with Gasteiger partial charge in [-0.2, -0.15) is 0 Å². The number of likely N-dealkylation sites (tertiary alicyclic amines) is 1.